The summed E-state index contributed by atoms with van der Waals surface area (Å²) in [5.41, 5.74) is 4.27. The Hall–Kier alpha value is -2.37. The quantitative estimate of drug-likeness (QED) is 0.599. The van der Waals surface area contributed by atoms with E-state index >= 15 is 0 Å². The fourth-order valence-corrected chi connectivity index (χ4v) is 5.60. The molecule has 1 N–H and O–H groups in total. The van der Waals surface area contributed by atoms with Gasteiger partial charge in [0.25, 0.3) is 5.91 Å². The average molecular weight is 433 g/mol. The number of aliphatic hydroxyl groups excluding tert-OH is 1. The van der Waals surface area contributed by atoms with Crippen LogP contribution in [0.1, 0.15) is 52.7 Å². The summed E-state index contributed by atoms with van der Waals surface area (Å²) in [6.07, 6.45) is 8.98. The molecule has 160 valence electrons. The van der Waals surface area contributed by atoms with E-state index in [4.69, 9.17) is 0 Å². The molecular formula is C26H28N2O2S. The van der Waals surface area contributed by atoms with Gasteiger partial charge in [0, 0.05) is 18.3 Å². The van der Waals surface area contributed by atoms with Crippen molar-refractivity contribution in [1.29, 1.82) is 0 Å². The fourth-order valence-electron chi connectivity index (χ4n) is 5.23. The number of fused-ring (bicyclic) bond motifs is 3. The van der Waals surface area contributed by atoms with E-state index in [1.165, 1.54) is 10.8 Å². The van der Waals surface area contributed by atoms with Gasteiger partial charge >= 0.3 is 0 Å². The van der Waals surface area contributed by atoms with Crippen molar-refractivity contribution < 1.29 is 9.90 Å². The smallest absolute Gasteiger partial charge is 0.254 e. The van der Waals surface area contributed by atoms with Crippen molar-refractivity contribution in [3.8, 4) is 0 Å². The lowest BCUT2D eigenvalue weighted by atomic mass is 9.85. The number of carbonyl (C=O) groups is 1. The first-order valence-corrected chi connectivity index (χ1v) is 12.4. The van der Waals surface area contributed by atoms with Gasteiger partial charge in [-0.15, -0.1) is 11.8 Å². The minimum atomic E-state index is -0.403. The largest absolute Gasteiger partial charge is 0.391 e. The van der Waals surface area contributed by atoms with E-state index in [0.29, 0.717) is 6.54 Å². The highest BCUT2D eigenvalue weighted by molar-refractivity contribution is 7.98. The third-order valence-corrected chi connectivity index (χ3v) is 7.49. The number of benzene rings is 2. The number of rotatable bonds is 4. The molecule has 1 aliphatic carbocycles. The van der Waals surface area contributed by atoms with Gasteiger partial charge in [-0.25, -0.2) is 4.98 Å². The van der Waals surface area contributed by atoms with Crippen LogP contribution in [0, 0.1) is 0 Å². The predicted molar refractivity (Wildman–Crippen MR) is 126 cm³/mol. The monoisotopic (exact) mass is 432 g/mol. The highest BCUT2D eigenvalue weighted by Crippen LogP contribution is 2.34. The molecule has 5 heteroatoms. The third kappa shape index (κ3) is 3.85. The first-order chi connectivity index (χ1) is 15.2. The van der Waals surface area contributed by atoms with Crippen molar-refractivity contribution in [2.45, 2.75) is 55.7 Å². The fraction of sp³-hybridized carbons (Fsp3) is 0.385. The molecule has 2 aliphatic rings. The molecule has 2 heterocycles. The molecular weight excluding hydrogens is 404 g/mol. The second-order valence-electron chi connectivity index (χ2n) is 8.66. The van der Waals surface area contributed by atoms with Gasteiger partial charge in [0.15, 0.2) is 0 Å². The second kappa shape index (κ2) is 8.64. The Labute approximate surface area is 187 Å². The first kappa shape index (κ1) is 20.5. The van der Waals surface area contributed by atoms with E-state index in [1.807, 2.05) is 17.4 Å². The van der Waals surface area contributed by atoms with Gasteiger partial charge in [0.05, 0.1) is 17.2 Å². The molecule has 1 aromatic heterocycles. The second-order valence-corrected chi connectivity index (χ2v) is 9.49. The van der Waals surface area contributed by atoms with Gasteiger partial charge in [-0.1, -0.05) is 43.2 Å². The Morgan fingerprint density at radius 2 is 1.94 bits per heavy atom. The molecule has 2 aromatic carbocycles. The molecule has 2 atom stereocenters. The Balaban J connectivity index is 1.55. The van der Waals surface area contributed by atoms with Gasteiger partial charge < -0.3 is 10.0 Å². The minimum Gasteiger partial charge on any atom is -0.391 e. The average Bonchev–Trinajstić information content (AvgIpc) is 2.81. The Morgan fingerprint density at radius 1 is 1.13 bits per heavy atom. The van der Waals surface area contributed by atoms with E-state index in [1.54, 1.807) is 11.8 Å². The summed E-state index contributed by atoms with van der Waals surface area (Å²) in [5.74, 6) is 0.0788. The van der Waals surface area contributed by atoms with Gasteiger partial charge in [0.1, 0.15) is 0 Å². The molecule has 1 fully saturated rings. The van der Waals surface area contributed by atoms with Crippen LogP contribution in [0.25, 0.3) is 10.8 Å². The number of carbonyl (C=O) groups excluding carboxylic acids is 1. The van der Waals surface area contributed by atoms with E-state index in [9.17, 15) is 9.90 Å². The standard InChI is InChI=1S/C26H28N2O2S/c1-31-25-11-10-17(16-27-25)14-18-15-22-21(20-7-3-2-6-19(18)20)12-13-28(26(22)30)23-8-4-5-9-24(23)29/h2-3,6-7,10-11,15-16,23-24,29H,4-5,8-9,12-14H2,1H3. The highest BCUT2D eigenvalue weighted by atomic mass is 32.2. The maximum Gasteiger partial charge on any atom is 0.254 e. The maximum absolute atomic E-state index is 13.6. The number of pyridine rings is 1. The number of hydrogen-bond donors (Lipinski definition) is 1. The van der Waals surface area contributed by atoms with Gasteiger partial charge in [-0.3, -0.25) is 4.79 Å². The summed E-state index contributed by atoms with van der Waals surface area (Å²) in [6, 6.07) is 14.7. The molecule has 1 aliphatic heterocycles. The van der Waals surface area contributed by atoms with Crippen molar-refractivity contribution in [3.05, 3.63) is 70.9 Å². The number of aliphatic hydroxyl groups is 1. The molecule has 31 heavy (non-hydrogen) atoms. The summed E-state index contributed by atoms with van der Waals surface area (Å²) in [7, 11) is 0. The Morgan fingerprint density at radius 3 is 2.68 bits per heavy atom. The molecule has 0 bridgehead atoms. The molecule has 1 saturated carbocycles. The van der Waals surface area contributed by atoms with Crippen molar-refractivity contribution >= 4 is 28.4 Å². The SMILES string of the molecule is CSc1ccc(Cc2cc3c(c4ccccc24)CCN(C2CCCCC2O)C3=O)cn1. The molecule has 1 amide bonds. The van der Waals surface area contributed by atoms with Gasteiger partial charge in [-0.2, -0.15) is 0 Å². The van der Waals surface area contributed by atoms with E-state index in [-0.39, 0.29) is 11.9 Å². The van der Waals surface area contributed by atoms with Crippen LogP contribution in [0.15, 0.2) is 53.7 Å². The van der Waals surface area contributed by atoms with Crippen LogP contribution >= 0.6 is 11.8 Å². The summed E-state index contributed by atoms with van der Waals surface area (Å²) >= 11 is 1.64. The zero-order valence-electron chi connectivity index (χ0n) is 17.9. The van der Waals surface area contributed by atoms with Crippen molar-refractivity contribution in [2.75, 3.05) is 12.8 Å². The topological polar surface area (TPSA) is 53.4 Å². The zero-order valence-corrected chi connectivity index (χ0v) is 18.7. The van der Waals surface area contributed by atoms with Crippen LogP contribution in [-0.2, 0) is 12.8 Å². The van der Waals surface area contributed by atoms with Crippen molar-refractivity contribution in [3.63, 3.8) is 0 Å². The van der Waals surface area contributed by atoms with Crippen LogP contribution < -0.4 is 0 Å². The highest BCUT2D eigenvalue weighted by Gasteiger charge is 2.36. The molecule has 5 rings (SSSR count). The van der Waals surface area contributed by atoms with Crippen LogP contribution in [0.5, 0.6) is 0 Å². The van der Waals surface area contributed by atoms with Crippen LogP contribution in [0.3, 0.4) is 0 Å². The molecule has 0 radical (unpaired) electrons. The summed E-state index contributed by atoms with van der Waals surface area (Å²) in [4.78, 5) is 20.1. The first-order valence-electron chi connectivity index (χ1n) is 11.2. The number of aromatic nitrogens is 1. The Bertz CT molecular complexity index is 1110. The maximum atomic E-state index is 13.6. The molecule has 0 saturated heterocycles. The summed E-state index contributed by atoms with van der Waals surface area (Å²) < 4.78 is 0. The van der Waals surface area contributed by atoms with Crippen LogP contribution in [0.4, 0.5) is 0 Å². The lowest BCUT2D eigenvalue weighted by molar-refractivity contribution is 0.0163. The normalized spacial score (nSPS) is 21.4. The van der Waals surface area contributed by atoms with Crippen LogP contribution in [0.2, 0.25) is 0 Å². The number of nitrogens with zero attached hydrogens (tertiary/aromatic N) is 2. The van der Waals surface area contributed by atoms with Gasteiger partial charge in [-0.05, 0) is 71.5 Å². The molecule has 3 aromatic rings. The number of amides is 1. The number of thioether (sulfide) groups is 1. The van der Waals surface area contributed by atoms with E-state index in [2.05, 4.69) is 47.4 Å². The molecule has 0 spiro atoms. The molecule has 2 unspecified atom stereocenters. The van der Waals surface area contributed by atoms with Crippen LogP contribution in [-0.4, -0.2) is 45.8 Å². The molecule has 4 nitrogen and oxygen atoms in total. The van der Waals surface area contributed by atoms with Gasteiger partial charge in [0.2, 0.25) is 0 Å². The summed E-state index contributed by atoms with van der Waals surface area (Å²) in [5, 5.41) is 14.0. The third-order valence-electron chi connectivity index (χ3n) is 6.83. The van der Waals surface area contributed by atoms with E-state index < -0.39 is 6.10 Å². The van der Waals surface area contributed by atoms with Crippen molar-refractivity contribution in [1.82, 2.24) is 9.88 Å². The lowest BCUT2D eigenvalue weighted by Crippen LogP contribution is -2.51. The predicted octanol–water partition coefficient (Wildman–Crippen LogP) is 4.85. The Kier molecular flexibility index (Phi) is 5.72. The zero-order chi connectivity index (χ0) is 21.4. The van der Waals surface area contributed by atoms with Crippen molar-refractivity contribution in [2.24, 2.45) is 0 Å². The number of hydrogen-bond acceptors (Lipinski definition) is 4. The lowest BCUT2D eigenvalue weighted by Gasteiger charge is -2.40. The van der Waals surface area contributed by atoms with E-state index in [0.717, 1.165) is 65.8 Å². The minimum absolute atomic E-state index is 0.0485. The summed E-state index contributed by atoms with van der Waals surface area (Å²) in [6.45, 7) is 0.691.